The van der Waals surface area contributed by atoms with Crippen molar-refractivity contribution in [2.75, 3.05) is 32.9 Å². The second kappa shape index (κ2) is 5.39. The molecule has 2 fully saturated rings. The maximum atomic E-state index is 13.0. The zero-order chi connectivity index (χ0) is 15.9. The van der Waals surface area contributed by atoms with E-state index < -0.39 is 0 Å². The van der Waals surface area contributed by atoms with E-state index >= 15 is 0 Å². The Kier molecular flexibility index (Phi) is 3.35. The summed E-state index contributed by atoms with van der Waals surface area (Å²) in [7, 11) is 0. The lowest BCUT2D eigenvalue weighted by molar-refractivity contribution is 0.0631. The van der Waals surface area contributed by atoms with Crippen LogP contribution in [-0.4, -0.2) is 69.4 Å². The largest absolute Gasteiger partial charge is 0.396 e. The Balaban J connectivity index is 1.64. The molecule has 2 aliphatic rings. The number of fused-ring (bicyclic) bond motifs is 1. The number of H-pyrrole nitrogens is 1. The summed E-state index contributed by atoms with van der Waals surface area (Å²) < 4.78 is 5.49. The van der Waals surface area contributed by atoms with Crippen LogP contribution in [0.5, 0.6) is 0 Å². The highest BCUT2D eigenvalue weighted by molar-refractivity contribution is 6.00. The van der Waals surface area contributed by atoms with Crippen molar-refractivity contribution in [1.82, 2.24) is 25.5 Å². The van der Waals surface area contributed by atoms with E-state index in [4.69, 9.17) is 4.74 Å². The Morgan fingerprint density at radius 2 is 2.35 bits per heavy atom. The van der Waals surface area contributed by atoms with Crippen LogP contribution in [0.15, 0.2) is 24.3 Å². The van der Waals surface area contributed by atoms with Gasteiger partial charge in [-0.1, -0.05) is 18.2 Å². The molecular weight excluding hydrogens is 298 g/mol. The summed E-state index contributed by atoms with van der Waals surface area (Å²) in [4.78, 5) is 14.8. The highest BCUT2D eigenvalue weighted by Gasteiger charge is 2.51. The molecule has 2 atom stereocenters. The monoisotopic (exact) mass is 315 g/mol. The van der Waals surface area contributed by atoms with E-state index in [0.717, 1.165) is 0 Å². The number of benzene rings is 1. The fraction of sp³-hybridized carbons (Fsp3) is 0.467. The zero-order valence-electron chi connectivity index (χ0n) is 12.5. The van der Waals surface area contributed by atoms with Crippen molar-refractivity contribution in [3.63, 3.8) is 0 Å². The lowest BCUT2D eigenvalue weighted by Crippen LogP contribution is -2.36. The van der Waals surface area contributed by atoms with E-state index in [1.807, 2.05) is 12.1 Å². The number of ether oxygens (including phenoxy) is 1. The molecule has 0 bridgehead atoms. The highest BCUT2D eigenvalue weighted by atomic mass is 16.5. The number of aliphatic hydroxyl groups excluding tert-OH is 1. The topological polar surface area (TPSA) is 104 Å². The number of likely N-dealkylation sites (tertiary alicyclic amines) is 1. The molecule has 2 N–H and O–H groups in total. The average molecular weight is 315 g/mol. The van der Waals surface area contributed by atoms with Gasteiger partial charge in [0.15, 0.2) is 0 Å². The minimum Gasteiger partial charge on any atom is -0.396 e. The normalized spacial score (nSPS) is 26.5. The number of carbonyl (C=O) groups excluding carboxylic acids is 1. The molecule has 8 heteroatoms. The van der Waals surface area contributed by atoms with Crippen molar-refractivity contribution in [3.05, 3.63) is 29.8 Å². The van der Waals surface area contributed by atoms with Gasteiger partial charge in [-0.05, 0) is 11.3 Å². The molecule has 1 aromatic heterocycles. The lowest BCUT2D eigenvalue weighted by Gasteiger charge is -2.24. The Labute approximate surface area is 132 Å². The molecule has 4 rings (SSSR count). The first-order valence-electron chi connectivity index (χ1n) is 7.54. The molecule has 2 aliphatic heterocycles. The van der Waals surface area contributed by atoms with Gasteiger partial charge in [0.05, 0.1) is 25.4 Å². The van der Waals surface area contributed by atoms with Gasteiger partial charge in [0.1, 0.15) is 0 Å². The molecule has 8 nitrogen and oxygen atoms in total. The van der Waals surface area contributed by atoms with Gasteiger partial charge >= 0.3 is 0 Å². The van der Waals surface area contributed by atoms with Crippen LogP contribution in [0, 0.1) is 11.3 Å². The molecule has 0 saturated carbocycles. The van der Waals surface area contributed by atoms with Crippen LogP contribution < -0.4 is 0 Å². The lowest BCUT2D eigenvalue weighted by atomic mass is 9.82. The van der Waals surface area contributed by atoms with Gasteiger partial charge in [-0.2, -0.15) is 5.21 Å². The van der Waals surface area contributed by atoms with E-state index in [1.54, 1.807) is 17.0 Å². The summed E-state index contributed by atoms with van der Waals surface area (Å²) in [6.45, 7) is 2.24. The molecule has 1 aromatic carbocycles. The summed E-state index contributed by atoms with van der Waals surface area (Å²) in [6.07, 6.45) is 0. The molecule has 0 aliphatic carbocycles. The van der Waals surface area contributed by atoms with Crippen LogP contribution in [0.4, 0.5) is 0 Å². The SMILES string of the molecule is O=C(c1ccccc1-c1nn[nH]n1)N1C[C@H]2COC[C@@]2(CO)C1. The molecule has 0 spiro atoms. The fourth-order valence-electron chi connectivity index (χ4n) is 3.52. The highest BCUT2D eigenvalue weighted by Crippen LogP contribution is 2.41. The maximum absolute atomic E-state index is 13.0. The van der Waals surface area contributed by atoms with Crippen LogP contribution in [0.1, 0.15) is 10.4 Å². The van der Waals surface area contributed by atoms with Gasteiger partial charge in [0.2, 0.25) is 5.82 Å². The summed E-state index contributed by atoms with van der Waals surface area (Å²) in [5.74, 6) is 0.509. The Hall–Kier alpha value is -2.32. The first-order valence-corrected chi connectivity index (χ1v) is 7.54. The van der Waals surface area contributed by atoms with Gasteiger partial charge in [0, 0.05) is 30.0 Å². The fourth-order valence-corrected chi connectivity index (χ4v) is 3.52. The number of hydrogen-bond donors (Lipinski definition) is 2. The standard InChI is InChI=1S/C15H17N5O3/c21-8-15-7-20(5-10(15)6-23-9-15)14(22)12-4-2-1-3-11(12)13-16-18-19-17-13/h1-4,10,21H,5-9H2,(H,16,17,18,19)/t10-,15-/m0/s1. The summed E-state index contributed by atoms with van der Waals surface area (Å²) in [5, 5.41) is 23.6. The average Bonchev–Trinajstić information content (AvgIpc) is 3.29. The third-order valence-electron chi connectivity index (χ3n) is 4.87. The third-order valence-corrected chi connectivity index (χ3v) is 4.87. The molecule has 2 aromatic rings. The zero-order valence-corrected chi connectivity index (χ0v) is 12.5. The number of nitrogens with one attached hydrogen (secondary N) is 1. The number of aromatic amines is 1. The van der Waals surface area contributed by atoms with Crippen LogP contribution in [-0.2, 0) is 4.74 Å². The quantitative estimate of drug-likeness (QED) is 0.823. The maximum Gasteiger partial charge on any atom is 0.254 e. The summed E-state index contributed by atoms with van der Waals surface area (Å²) in [6, 6.07) is 7.23. The number of aromatic nitrogens is 4. The number of rotatable bonds is 3. The number of aliphatic hydroxyl groups is 1. The van der Waals surface area contributed by atoms with Crippen LogP contribution in [0.25, 0.3) is 11.4 Å². The minimum absolute atomic E-state index is 0.0356. The van der Waals surface area contributed by atoms with Gasteiger partial charge in [-0.15, -0.1) is 10.2 Å². The van der Waals surface area contributed by atoms with E-state index in [0.29, 0.717) is 43.3 Å². The van der Waals surface area contributed by atoms with E-state index in [2.05, 4.69) is 20.6 Å². The van der Waals surface area contributed by atoms with Crippen LogP contribution in [0.2, 0.25) is 0 Å². The molecule has 2 saturated heterocycles. The van der Waals surface area contributed by atoms with Crippen molar-refractivity contribution in [1.29, 1.82) is 0 Å². The second-order valence-electron chi connectivity index (χ2n) is 6.20. The molecule has 120 valence electrons. The predicted molar refractivity (Wildman–Crippen MR) is 79.3 cm³/mol. The van der Waals surface area contributed by atoms with Crippen molar-refractivity contribution in [2.45, 2.75) is 0 Å². The number of hydrogen-bond acceptors (Lipinski definition) is 6. The number of nitrogens with zero attached hydrogens (tertiary/aromatic N) is 4. The van der Waals surface area contributed by atoms with Gasteiger partial charge in [-0.25, -0.2) is 0 Å². The third kappa shape index (κ3) is 2.22. The van der Waals surface area contributed by atoms with Crippen molar-refractivity contribution >= 4 is 5.91 Å². The van der Waals surface area contributed by atoms with Gasteiger partial charge in [0.25, 0.3) is 5.91 Å². The van der Waals surface area contributed by atoms with Crippen LogP contribution >= 0.6 is 0 Å². The molecular formula is C15H17N5O3. The van der Waals surface area contributed by atoms with E-state index in [9.17, 15) is 9.90 Å². The number of amides is 1. The first-order chi connectivity index (χ1) is 11.2. The van der Waals surface area contributed by atoms with Gasteiger partial charge in [-0.3, -0.25) is 4.79 Å². The Bertz CT molecular complexity index is 720. The van der Waals surface area contributed by atoms with E-state index in [-0.39, 0.29) is 23.8 Å². The molecule has 23 heavy (non-hydrogen) atoms. The van der Waals surface area contributed by atoms with Crippen molar-refractivity contribution < 1.29 is 14.6 Å². The number of tetrazole rings is 1. The Morgan fingerprint density at radius 3 is 3.09 bits per heavy atom. The minimum atomic E-state index is -0.323. The molecule has 0 unspecified atom stereocenters. The first kappa shape index (κ1) is 14.3. The molecule has 1 amide bonds. The molecule has 0 radical (unpaired) electrons. The Morgan fingerprint density at radius 1 is 1.48 bits per heavy atom. The van der Waals surface area contributed by atoms with E-state index in [1.165, 1.54) is 0 Å². The van der Waals surface area contributed by atoms with Gasteiger partial charge < -0.3 is 14.7 Å². The van der Waals surface area contributed by atoms with Crippen molar-refractivity contribution in [3.8, 4) is 11.4 Å². The summed E-state index contributed by atoms with van der Waals surface area (Å²) >= 11 is 0. The smallest absolute Gasteiger partial charge is 0.254 e. The molecule has 3 heterocycles. The van der Waals surface area contributed by atoms with Crippen LogP contribution in [0.3, 0.4) is 0 Å². The summed E-state index contributed by atoms with van der Waals surface area (Å²) in [5.41, 5.74) is 0.872. The second-order valence-corrected chi connectivity index (χ2v) is 6.20. The number of carbonyl (C=O) groups is 1. The predicted octanol–water partition coefficient (Wildman–Crippen LogP) is -0.0524. The van der Waals surface area contributed by atoms with Crippen molar-refractivity contribution in [2.24, 2.45) is 11.3 Å².